The van der Waals surface area contributed by atoms with Crippen LogP contribution < -0.4 is 20.1 Å². The van der Waals surface area contributed by atoms with Crippen molar-refractivity contribution in [3.8, 4) is 11.5 Å². The van der Waals surface area contributed by atoms with Crippen molar-refractivity contribution in [1.82, 2.24) is 5.32 Å². The van der Waals surface area contributed by atoms with Gasteiger partial charge in [0.15, 0.2) is 18.1 Å². The highest BCUT2D eigenvalue weighted by molar-refractivity contribution is 9.10. The number of carbonyl (C=O) groups excluding carboxylic acids is 1. The standard InChI is InChI=1S/C26H29BrN2O3/c1-3-31-24-16-21(17-28-14-13-20-7-5-4-6-8-20)15-23(27)26(24)32-18-25(30)29-22-11-9-19(2)10-12-22/h4-12,15-16,28H,3,13-14,17-18H2,1-2H3,(H,29,30). The van der Waals surface area contributed by atoms with Crippen molar-refractivity contribution in [3.63, 3.8) is 0 Å². The SMILES string of the molecule is CCOc1cc(CNCCc2ccccc2)cc(Br)c1OCC(=O)Nc1ccc(C)cc1. The Kier molecular flexibility index (Phi) is 9.13. The highest BCUT2D eigenvalue weighted by Crippen LogP contribution is 2.37. The van der Waals surface area contributed by atoms with Gasteiger partial charge in [0.1, 0.15) is 0 Å². The van der Waals surface area contributed by atoms with E-state index < -0.39 is 0 Å². The molecule has 0 saturated carbocycles. The Morgan fingerprint density at radius 2 is 1.72 bits per heavy atom. The summed E-state index contributed by atoms with van der Waals surface area (Å²) in [7, 11) is 0. The quantitative estimate of drug-likeness (QED) is 0.343. The average molecular weight is 497 g/mol. The lowest BCUT2D eigenvalue weighted by Gasteiger charge is -2.16. The van der Waals surface area contributed by atoms with E-state index in [1.807, 2.05) is 56.3 Å². The van der Waals surface area contributed by atoms with Gasteiger partial charge in [-0.3, -0.25) is 4.79 Å². The largest absolute Gasteiger partial charge is 0.490 e. The fourth-order valence-electron chi connectivity index (χ4n) is 3.21. The van der Waals surface area contributed by atoms with E-state index in [0.29, 0.717) is 24.7 Å². The fourth-order valence-corrected chi connectivity index (χ4v) is 3.81. The number of anilines is 1. The number of carbonyl (C=O) groups is 1. The van der Waals surface area contributed by atoms with Gasteiger partial charge in [-0.1, -0.05) is 48.0 Å². The maximum atomic E-state index is 12.3. The van der Waals surface area contributed by atoms with Crippen LogP contribution in [0.3, 0.4) is 0 Å². The fraction of sp³-hybridized carbons (Fsp3) is 0.269. The minimum absolute atomic E-state index is 0.110. The second kappa shape index (κ2) is 12.3. The number of aryl methyl sites for hydroxylation is 1. The highest BCUT2D eigenvalue weighted by atomic mass is 79.9. The average Bonchev–Trinajstić information content (AvgIpc) is 2.79. The molecule has 2 N–H and O–H groups in total. The molecule has 0 aliphatic rings. The Hall–Kier alpha value is -2.83. The number of benzene rings is 3. The number of amides is 1. The molecule has 3 aromatic rings. The van der Waals surface area contributed by atoms with Crippen LogP contribution in [0.15, 0.2) is 71.2 Å². The van der Waals surface area contributed by atoms with Crippen LogP contribution in [-0.4, -0.2) is 25.7 Å². The van der Waals surface area contributed by atoms with Gasteiger partial charge in [-0.05, 0) is 78.1 Å². The topological polar surface area (TPSA) is 59.6 Å². The molecule has 3 aromatic carbocycles. The smallest absolute Gasteiger partial charge is 0.262 e. The normalized spacial score (nSPS) is 10.6. The molecule has 3 rings (SSSR count). The van der Waals surface area contributed by atoms with Crippen molar-refractivity contribution >= 4 is 27.5 Å². The number of ether oxygens (including phenoxy) is 2. The minimum atomic E-state index is -0.227. The second-order valence-electron chi connectivity index (χ2n) is 7.45. The van der Waals surface area contributed by atoms with Gasteiger partial charge in [-0.25, -0.2) is 0 Å². The molecule has 0 atom stereocenters. The summed E-state index contributed by atoms with van der Waals surface area (Å²) >= 11 is 3.57. The van der Waals surface area contributed by atoms with Gasteiger partial charge in [0.25, 0.3) is 5.91 Å². The summed E-state index contributed by atoms with van der Waals surface area (Å²) in [5.74, 6) is 0.915. The summed E-state index contributed by atoms with van der Waals surface area (Å²) < 4.78 is 12.4. The van der Waals surface area contributed by atoms with Crippen LogP contribution in [-0.2, 0) is 17.8 Å². The molecular formula is C26H29BrN2O3. The first-order chi connectivity index (χ1) is 15.5. The Morgan fingerprint density at radius 1 is 0.969 bits per heavy atom. The Labute approximate surface area is 198 Å². The molecule has 0 radical (unpaired) electrons. The zero-order chi connectivity index (χ0) is 22.8. The predicted octanol–water partition coefficient (Wildman–Crippen LogP) is 5.51. The Balaban J connectivity index is 1.56. The molecule has 0 unspecified atom stereocenters. The molecule has 168 valence electrons. The van der Waals surface area contributed by atoms with Crippen LogP contribution in [0, 0.1) is 6.92 Å². The van der Waals surface area contributed by atoms with E-state index in [4.69, 9.17) is 9.47 Å². The van der Waals surface area contributed by atoms with E-state index in [-0.39, 0.29) is 12.5 Å². The zero-order valence-electron chi connectivity index (χ0n) is 18.5. The Morgan fingerprint density at radius 3 is 2.44 bits per heavy atom. The Bertz CT molecular complexity index is 1010. The molecule has 1 amide bonds. The molecule has 0 spiro atoms. The van der Waals surface area contributed by atoms with Crippen LogP contribution in [0.2, 0.25) is 0 Å². The van der Waals surface area contributed by atoms with E-state index >= 15 is 0 Å². The van der Waals surface area contributed by atoms with E-state index in [0.717, 1.165) is 34.3 Å². The summed E-state index contributed by atoms with van der Waals surface area (Å²) in [6.45, 7) is 5.91. The summed E-state index contributed by atoms with van der Waals surface area (Å²) in [6.07, 6.45) is 0.970. The summed E-state index contributed by atoms with van der Waals surface area (Å²) in [6, 6.07) is 22.0. The first-order valence-electron chi connectivity index (χ1n) is 10.7. The van der Waals surface area contributed by atoms with Crippen molar-refractivity contribution < 1.29 is 14.3 Å². The molecule has 0 bridgehead atoms. The van der Waals surface area contributed by atoms with Crippen LogP contribution in [0.1, 0.15) is 23.6 Å². The monoisotopic (exact) mass is 496 g/mol. The van der Waals surface area contributed by atoms with E-state index in [1.165, 1.54) is 5.56 Å². The van der Waals surface area contributed by atoms with Crippen molar-refractivity contribution in [2.45, 2.75) is 26.8 Å². The van der Waals surface area contributed by atoms with Gasteiger partial charge >= 0.3 is 0 Å². The maximum Gasteiger partial charge on any atom is 0.262 e. The molecule has 0 fully saturated rings. The molecule has 32 heavy (non-hydrogen) atoms. The molecule has 0 heterocycles. The van der Waals surface area contributed by atoms with Crippen LogP contribution >= 0.6 is 15.9 Å². The molecule has 0 saturated heterocycles. The lowest BCUT2D eigenvalue weighted by Crippen LogP contribution is -2.20. The molecule has 0 aromatic heterocycles. The van der Waals surface area contributed by atoms with Crippen molar-refractivity contribution in [2.24, 2.45) is 0 Å². The number of hydrogen-bond donors (Lipinski definition) is 2. The van der Waals surface area contributed by atoms with Gasteiger partial charge in [0, 0.05) is 12.2 Å². The molecular weight excluding hydrogens is 468 g/mol. The third-order valence-electron chi connectivity index (χ3n) is 4.81. The highest BCUT2D eigenvalue weighted by Gasteiger charge is 2.14. The van der Waals surface area contributed by atoms with Crippen molar-refractivity contribution in [1.29, 1.82) is 0 Å². The zero-order valence-corrected chi connectivity index (χ0v) is 20.1. The maximum absolute atomic E-state index is 12.3. The van der Waals surface area contributed by atoms with Crippen LogP contribution in [0.25, 0.3) is 0 Å². The second-order valence-corrected chi connectivity index (χ2v) is 8.31. The summed E-state index contributed by atoms with van der Waals surface area (Å²) in [5, 5.41) is 6.31. The molecule has 5 nitrogen and oxygen atoms in total. The third-order valence-corrected chi connectivity index (χ3v) is 5.40. The first-order valence-corrected chi connectivity index (χ1v) is 11.5. The van der Waals surface area contributed by atoms with Crippen LogP contribution in [0.5, 0.6) is 11.5 Å². The summed E-state index contributed by atoms with van der Waals surface area (Å²) in [4.78, 5) is 12.3. The van der Waals surface area contributed by atoms with E-state index in [9.17, 15) is 4.79 Å². The number of rotatable bonds is 11. The van der Waals surface area contributed by atoms with Gasteiger partial charge in [-0.2, -0.15) is 0 Å². The molecule has 6 heteroatoms. The van der Waals surface area contributed by atoms with Crippen molar-refractivity contribution in [3.05, 3.63) is 87.9 Å². The number of halogens is 1. The minimum Gasteiger partial charge on any atom is -0.490 e. The molecule has 0 aliphatic heterocycles. The van der Waals surface area contributed by atoms with Crippen LogP contribution in [0.4, 0.5) is 5.69 Å². The van der Waals surface area contributed by atoms with Gasteiger partial charge in [-0.15, -0.1) is 0 Å². The third kappa shape index (κ3) is 7.39. The summed E-state index contributed by atoms with van der Waals surface area (Å²) in [5.41, 5.74) is 4.26. The van der Waals surface area contributed by atoms with Gasteiger partial charge in [0.2, 0.25) is 0 Å². The van der Waals surface area contributed by atoms with Gasteiger partial charge in [0.05, 0.1) is 11.1 Å². The van der Waals surface area contributed by atoms with Gasteiger partial charge < -0.3 is 20.1 Å². The lowest BCUT2D eigenvalue weighted by atomic mass is 10.1. The predicted molar refractivity (Wildman–Crippen MR) is 132 cm³/mol. The van der Waals surface area contributed by atoms with E-state index in [1.54, 1.807) is 0 Å². The number of hydrogen-bond acceptors (Lipinski definition) is 4. The first kappa shape index (κ1) is 23.8. The van der Waals surface area contributed by atoms with Crippen molar-refractivity contribution in [2.75, 3.05) is 25.1 Å². The molecule has 0 aliphatic carbocycles. The lowest BCUT2D eigenvalue weighted by molar-refractivity contribution is -0.118. The van der Waals surface area contributed by atoms with E-state index in [2.05, 4.69) is 50.8 Å². The number of nitrogens with one attached hydrogen (secondary N) is 2.